The third-order valence-corrected chi connectivity index (χ3v) is 4.95. The average molecular weight is 383 g/mol. The molecule has 150 valence electrons. The molecule has 1 fully saturated rings. The van der Waals surface area contributed by atoms with Crippen molar-refractivity contribution in [3.63, 3.8) is 0 Å². The van der Waals surface area contributed by atoms with Gasteiger partial charge in [-0.3, -0.25) is 0 Å². The van der Waals surface area contributed by atoms with E-state index in [0.29, 0.717) is 26.1 Å². The molecule has 1 N–H and O–H groups in total. The number of rotatable bonds is 10. The zero-order valence-corrected chi connectivity index (χ0v) is 16.3. The Morgan fingerprint density at radius 2 is 1.79 bits per heavy atom. The summed E-state index contributed by atoms with van der Waals surface area (Å²) in [5.41, 5.74) is 2.16. The van der Waals surface area contributed by atoms with Gasteiger partial charge in [0.25, 0.3) is 0 Å². The van der Waals surface area contributed by atoms with Crippen LogP contribution in [0.3, 0.4) is 0 Å². The molecule has 0 aliphatic carbocycles. The summed E-state index contributed by atoms with van der Waals surface area (Å²) in [6.07, 6.45) is 3.46. The number of ether oxygens (including phenoxy) is 3. The molecule has 4 heteroatoms. The van der Waals surface area contributed by atoms with Gasteiger partial charge in [0.2, 0.25) is 0 Å². The van der Waals surface area contributed by atoms with Crippen molar-refractivity contribution in [1.29, 1.82) is 0 Å². The predicted molar refractivity (Wildman–Crippen MR) is 110 cm³/mol. The van der Waals surface area contributed by atoms with Crippen molar-refractivity contribution in [2.45, 2.75) is 56.9 Å². The molecule has 1 heterocycles. The molecule has 28 heavy (non-hydrogen) atoms. The van der Waals surface area contributed by atoms with Crippen molar-refractivity contribution in [1.82, 2.24) is 0 Å². The second-order valence-corrected chi connectivity index (χ2v) is 7.18. The van der Waals surface area contributed by atoms with Crippen molar-refractivity contribution in [3.05, 3.63) is 84.4 Å². The van der Waals surface area contributed by atoms with E-state index in [-0.39, 0.29) is 12.2 Å². The Hall–Kier alpha value is -1.98. The summed E-state index contributed by atoms with van der Waals surface area (Å²) < 4.78 is 18.0. The predicted octanol–water partition coefficient (Wildman–Crippen LogP) is 4.79. The van der Waals surface area contributed by atoms with E-state index in [1.165, 1.54) is 5.56 Å². The molecule has 3 rings (SSSR count). The van der Waals surface area contributed by atoms with Gasteiger partial charge in [-0.05, 0) is 24.8 Å². The molecule has 0 aromatic heterocycles. The average Bonchev–Trinajstić information content (AvgIpc) is 2.75. The fraction of sp³-hybridized carbons (Fsp3) is 0.417. The van der Waals surface area contributed by atoms with E-state index in [1.807, 2.05) is 48.5 Å². The molecule has 1 saturated heterocycles. The molecule has 4 nitrogen and oxygen atoms in total. The van der Waals surface area contributed by atoms with Gasteiger partial charge >= 0.3 is 0 Å². The van der Waals surface area contributed by atoms with Crippen molar-refractivity contribution in [2.75, 3.05) is 6.61 Å². The molecule has 1 aliphatic heterocycles. The summed E-state index contributed by atoms with van der Waals surface area (Å²) in [7, 11) is 0. The van der Waals surface area contributed by atoms with Gasteiger partial charge in [-0.2, -0.15) is 0 Å². The van der Waals surface area contributed by atoms with Crippen LogP contribution in [0.2, 0.25) is 0 Å². The van der Waals surface area contributed by atoms with E-state index in [2.05, 4.69) is 18.7 Å². The maximum absolute atomic E-state index is 10.4. The van der Waals surface area contributed by atoms with Crippen molar-refractivity contribution < 1.29 is 19.3 Å². The fourth-order valence-corrected chi connectivity index (χ4v) is 3.44. The SMILES string of the molecule is C=CC[C@@H](O)[C@@H]1C[C@H](CCCOCc2ccccc2)O[C@H](c2ccccc2)O1. The van der Waals surface area contributed by atoms with E-state index in [1.54, 1.807) is 6.08 Å². The van der Waals surface area contributed by atoms with Gasteiger partial charge in [0.05, 0.1) is 24.9 Å². The third kappa shape index (κ3) is 6.28. The minimum absolute atomic E-state index is 0.0312. The molecule has 0 bridgehead atoms. The topological polar surface area (TPSA) is 47.9 Å². The first-order chi connectivity index (χ1) is 13.8. The maximum atomic E-state index is 10.4. The smallest absolute Gasteiger partial charge is 0.184 e. The fourth-order valence-electron chi connectivity index (χ4n) is 3.44. The van der Waals surface area contributed by atoms with E-state index >= 15 is 0 Å². The second-order valence-electron chi connectivity index (χ2n) is 7.18. The molecular formula is C24H30O4. The Morgan fingerprint density at radius 3 is 2.50 bits per heavy atom. The standard InChI is InChI=1S/C24H30O4/c1-2-10-22(25)23-17-21(27-24(28-23)20-13-7-4-8-14-20)15-9-16-26-18-19-11-5-3-6-12-19/h2-8,11-14,21-25H,1,9-10,15-18H2/t21-,22+,23-,24-/m0/s1. The van der Waals surface area contributed by atoms with Crippen LogP contribution >= 0.6 is 0 Å². The minimum atomic E-state index is -0.565. The van der Waals surface area contributed by atoms with Gasteiger partial charge in [-0.1, -0.05) is 66.7 Å². The lowest BCUT2D eigenvalue weighted by atomic mass is 9.99. The second kappa shape index (κ2) is 11.1. The van der Waals surface area contributed by atoms with Crippen LogP contribution in [0, 0.1) is 0 Å². The van der Waals surface area contributed by atoms with Crippen LogP contribution in [-0.2, 0) is 20.8 Å². The normalized spacial score (nSPS) is 23.2. The Bertz CT molecular complexity index is 688. The van der Waals surface area contributed by atoms with Gasteiger partial charge in [0, 0.05) is 18.6 Å². The van der Waals surface area contributed by atoms with Crippen LogP contribution < -0.4 is 0 Å². The molecule has 2 aromatic rings. The number of aliphatic hydroxyl groups is 1. The molecule has 0 saturated carbocycles. The van der Waals surface area contributed by atoms with E-state index in [0.717, 1.165) is 18.4 Å². The van der Waals surface area contributed by atoms with Gasteiger partial charge in [-0.15, -0.1) is 6.58 Å². The van der Waals surface area contributed by atoms with Crippen LogP contribution in [0.25, 0.3) is 0 Å². The lowest BCUT2D eigenvalue weighted by molar-refractivity contribution is -0.266. The highest BCUT2D eigenvalue weighted by Gasteiger charge is 2.34. The zero-order valence-electron chi connectivity index (χ0n) is 16.3. The monoisotopic (exact) mass is 382 g/mol. The summed E-state index contributed by atoms with van der Waals surface area (Å²) in [5, 5.41) is 10.4. The summed E-state index contributed by atoms with van der Waals surface area (Å²) in [4.78, 5) is 0. The highest BCUT2D eigenvalue weighted by Crippen LogP contribution is 2.33. The first kappa shape index (κ1) is 20.7. The number of aliphatic hydroxyl groups excluding tert-OH is 1. The molecule has 0 spiro atoms. The van der Waals surface area contributed by atoms with Crippen LogP contribution in [0.4, 0.5) is 0 Å². The van der Waals surface area contributed by atoms with Crippen LogP contribution in [0.5, 0.6) is 0 Å². The van der Waals surface area contributed by atoms with E-state index in [4.69, 9.17) is 14.2 Å². The van der Waals surface area contributed by atoms with Gasteiger partial charge in [0.1, 0.15) is 0 Å². The number of hydrogen-bond acceptors (Lipinski definition) is 4. The lowest BCUT2D eigenvalue weighted by Crippen LogP contribution is -2.40. The molecule has 2 aromatic carbocycles. The Kier molecular flexibility index (Phi) is 8.24. The highest BCUT2D eigenvalue weighted by molar-refractivity contribution is 5.16. The summed E-state index contributed by atoms with van der Waals surface area (Å²) in [6.45, 7) is 5.04. The molecule has 4 atom stereocenters. The Labute approximate surface area is 167 Å². The number of benzene rings is 2. The Morgan fingerprint density at radius 1 is 1.07 bits per heavy atom. The van der Waals surface area contributed by atoms with Crippen molar-refractivity contribution in [2.24, 2.45) is 0 Å². The van der Waals surface area contributed by atoms with Crippen molar-refractivity contribution in [3.8, 4) is 0 Å². The van der Waals surface area contributed by atoms with Crippen LogP contribution in [0.15, 0.2) is 73.3 Å². The third-order valence-electron chi connectivity index (χ3n) is 4.95. The summed E-state index contributed by atoms with van der Waals surface area (Å²) in [6, 6.07) is 20.1. The first-order valence-electron chi connectivity index (χ1n) is 10.0. The molecule has 0 radical (unpaired) electrons. The Balaban J connectivity index is 1.50. The molecule has 1 aliphatic rings. The highest BCUT2D eigenvalue weighted by atomic mass is 16.7. The lowest BCUT2D eigenvalue weighted by Gasteiger charge is -2.38. The van der Waals surface area contributed by atoms with Gasteiger partial charge < -0.3 is 19.3 Å². The quantitative estimate of drug-likeness (QED) is 0.474. The van der Waals surface area contributed by atoms with E-state index < -0.39 is 12.4 Å². The van der Waals surface area contributed by atoms with E-state index in [9.17, 15) is 5.11 Å². The van der Waals surface area contributed by atoms with Crippen molar-refractivity contribution >= 4 is 0 Å². The molecule has 0 unspecified atom stereocenters. The zero-order chi connectivity index (χ0) is 19.6. The first-order valence-corrected chi connectivity index (χ1v) is 10.0. The van der Waals surface area contributed by atoms with Gasteiger partial charge in [0.15, 0.2) is 6.29 Å². The van der Waals surface area contributed by atoms with Gasteiger partial charge in [-0.25, -0.2) is 0 Å². The van der Waals surface area contributed by atoms with Crippen LogP contribution in [0.1, 0.15) is 43.1 Å². The number of hydrogen-bond donors (Lipinski definition) is 1. The van der Waals surface area contributed by atoms with Crippen LogP contribution in [-0.4, -0.2) is 30.0 Å². The maximum Gasteiger partial charge on any atom is 0.184 e. The molecule has 0 amide bonds. The summed E-state index contributed by atoms with van der Waals surface area (Å²) in [5.74, 6) is 0. The molecular weight excluding hydrogens is 352 g/mol. The summed E-state index contributed by atoms with van der Waals surface area (Å²) >= 11 is 0. The largest absolute Gasteiger partial charge is 0.390 e. The minimum Gasteiger partial charge on any atom is -0.390 e.